The van der Waals surface area contributed by atoms with E-state index >= 15 is 0 Å². The maximum atomic E-state index is 5.82. The van der Waals surface area contributed by atoms with Crippen molar-refractivity contribution in [1.29, 1.82) is 0 Å². The Morgan fingerprint density at radius 1 is 1.47 bits per heavy atom. The standard InChI is InChI=1S/C12H19N5/c1-4-16(7-9(2)3)12-11-14-5-6-17(11)8-10(13)15-12/h5-6,8-9H,4,7,13H2,1-3H3. The van der Waals surface area contributed by atoms with E-state index in [0.29, 0.717) is 11.7 Å². The highest BCUT2D eigenvalue weighted by atomic mass is 15.2. The molecule has 0 aliphatic rings. The van der Waals surface area contributed by atoms with Crippen LogP contribution in [0.2, 0.25) is 0 Å². The number of nitrogen functional groups attached to an aromatic ring is 1. The molecule has 0 aliphatic carbocycles. The van der Waals surface area contributed by atoms with E-state index in [0.717, 1.165) is 24.6 Å². The largest absolute Gasteiger partial charge is 0.382 e. The number of hydrogen-bond donors (Lipinski definition) is 1. The first kappa shape index (κ1) is 11.7. The van der Waals surface area contributed by atoms with Crippen LogP contribution in [0, 0.1) is 5.92 Å². The van der Waals surface area contributed by atoms with Crippen LogP contribution in [0.5, 0.6) is 0 Å². The second-order valence-corrected chi connectivity index (χ2v) is 4.58. The summed E-state index contributed by atoms with van der Waals surface area (Å²) in [5.74, 6) is 1.96. The molecular formula is C12H19N5. The fourth-order valence-electron chi connectivity index (χ4n) is 1.95. The van der Waals surface area contributed by atoms with Gasteiger partial charge in [-0.25, -0.2) is 9.97 Å². The number of aromatic nitrogens is 3. The molecule has 0 radical (unpaired) electrons. The summed E-state index contributed by atoms with van der Waals surface area (Å²) in [5.41, 5.74) is 6.68. The van der Waals surface area contributed by atoms with E-state index < -0.39 is 0 Å². The van der Waals surface area contributed by atoms with E-state index in [9.17, 15) is 0 Å². The summed E-state index contributed by atoms with van der Waals surface area (Å²) < 4.78 is 1.92. The average Bonchev–Trinajstić information content (AvgIpc) is 2.72. The van der Waals surface area contributed by atoms with Crippen LogP contribution in [-0.4, -0.2) is 27.5 Å². The Hall–Kier alpha value is -1.78. The number of hydrogen-bond acceptors (Lipinski definition) is 4. The van der Waals surface area contributed by atoms with Crippen molar-refractivity contribution in [2.24, 2.45) is 5.92 Å². The van der Waals surface area contributed by atoms with Gasteiger partial charge < -0.3 is 15.0 Å². The Morgan fingerprint density at radius 2 is 2.24 bits per heavy atom. The van der Waals surface area contributed by atoms with E-state index in [-0.39, 0.29) is 0 Å². The van der Waals surface area contributed by atoms with Gasteiger partial charge in [0.15, 0.2) is 11.5 Å². The minimum atomic E-state index is 0.521. The third-order valence-electron chi connectivity index (χ3n) is 2.64. The Morgan fingerprint density at radius 3 is 2.88 bits per heavy atom. The van der Waals surface area contributed by atoms with Gasteiger partial charge in [0.25, 0.3) is 0 Å². The minimum absolute atomic E-state index is 0.521. The van der Waals surface area contributed by atoms with E-state index in [4.69, 9.17) is 5.73 Å². The summed E-state index contributed by atoms with van der Waals surface area (Å²) in [6.07, 6.45) is 5.44. The van der Waals surface area contributed by atoms with Crippen molar-refractivity contribution in [3.63, 3.8) is 0 Å². The van der Waals surface area contributed by atoms with Crippen LogP contribution in [-0.2, 0) is 0 Å². The lowest BCUT2D eigenvalue weighted by atomic mass is 10.2. The number of rotatable bonds is 4. The smallest absolute Gasteiger partial charge is 0.180 e. The molecule has 0 saturated heterocycles. The summed E-state index contributed by atoms with van der Waals surface area (Å²) in [7, 11) is 0. The monoisotopic (exact) mass is 233 g/mol. The van der Waals surface area contributed by atoms with Gasteiger partial charge in [-0.05, 0) is 12.8 Å². The molecule has 17 heavy (non-hydrogen) atoms. The van der Waals surface area contributed by atoms with Crippen molar-refractivity contribution in [3.05, 3.63) is 18.6 Å². The first-order valence-corrected chi connectivity index (χ1v) is 5.96. The minimum Gasteiger partial charge on any atom is -0.382 e. The third-order valence-corrected chi connectivity index (χ3v) is 2.64. The molecule has 0 saturated carbocycles. The Balaban J connectivity index is 2.47. The maximum absolute atomic E-state index is 5.82. The van der Waals surface area contributed by atoms with Crippen LogP contribution >= 0.6 is 0 Å². The van der Waals surface area contributed by atoms with Crippen molar-refractivity contribution in [2.45, 2.75) is 20.8 Å². The highest BCUT2D eigenvalue weighted by Gasteiger charge is 2.14. The fraction of sp³-hybridized carbons (Fsp3) is 0.500. The molecule has 0 spiro atoms. The summed E-state index contributed by atoms with van der Waals surface area (Å²) in [6.45, 7) is 8.36. The third kappa shape index (κ3) is 2.33. The SMILES string of the molecule is CCN(CC(C)C)c1nc(N)cn2ccnc12. The number of nitrogens with zero attached hydrogens (tertiary/aromatic N) is 4. The molecule has 2 aromatic rings. The predicted octanol–water partition coefficient (Wildman–Crippen LogP) is 1.79. The molecular weight excluding hydrogens is 214 g/mol. The van der Waals surface area contributed by atoms with Gasteiger partial charge in [-0.15, -0.1) is 0 Å². The molecule has 2 rings (SSSR count). The number of fused-ring (bicyclic) bond motifs is 1. The Bertz CT molecular complexity index is 503. The van der Waals surface area contributed by atoms with Crippen LogP contribution < -0.4 is 10.6 Å². The van der Waals surface area contributed by atoms with Crippen molar-refractivity contribution in [2.75, 3.05) is 23.7 Å². The van der Waals surface area contributed by atoms with Crippen molar-refractivity contribution >= 4 is 17.3 Å². The number of nitrogens with two attached hydrogens (primary N) is 1. The van der Waals surface area contributed by atoms with Gasteiger partial charge in [0.1, 0.15) is 5.82 Å². The molecule has 2 N–H and O–H groups in total. The normalized spacial score (nSPS) is 11.3. The zero-order valence-corrected chi connectivity index (χ0v) is 10.6. The molecule has 92 valence electrons. The molecule has 0 amide bonds. The van der Waals surface area contributed by atoms with Gasteiger partial charge in [-0.3, -0.25) is 0 Å². The topological polar surface area (TPSA) is 59.5 Å². The molecule has 0 fully saturated rings. The van der Waals surface area contributed by atoms with Gasteiger partial charge >= 0.3 is 0 Å². The van der Waals surface area contributed by atoms with Gasteiger partial charge in [0.05, 0.1) is 6.20 Å². The fourth-order valence-corrected chi connectivity index (χ4v) is 1.95. The molecule has 0 aliphatic heterocycles. The first-order chi connectivity index (χ1) is 8.11. The lowest BCUT2D eigenvalue weighted by molar-refractivity contribution is 0.615. The Labute approximate surface area is 101 Å². The molecule has 5 heteroatoms. The second-order valence-electron chi connectivity index (χ2n) is 4.58. The number of anilines is 2. The van der Waals surface area contributed by atoms with Gasteiger partial charge in [0.2, 0.25) is 0 Å². The van der Waals surface area contributed by atoms with E-state index in [1.165, 1.54) is 0 Å². The summed E-state index contributed by atoms with van der Waals surface area (Å²) in [4.78, 5) is 11.0. The molecule has 0 unspecified atom stereocenters. The summed E-state index contributed by atoms with van der Waals surface area (Å²) in [5, 5.41) is 0. The molecule has 0 bridgehead atoms. The maximum Gasteiger partial charge on any atom is 0.180 e. The number of imidazole rings is 1. The second kappa shape index (κ2) is 4.61. The van der Waals surface area contributed by atoms with Crippen LogP contribution in [0.4, 0.5) is 11.6 Å². The van der Waals surface area contributed by atoms with Gasteiger partial charge in [-0.1, -0.05) is 13.8 Å². The summed E-state index contributed by atoms with van der Waals surface area (Å²) >= 11 is 0. The van der Waals surface area contributed by atoms with Crippen LogP contribution in [0.3, 0.4) is 0 Å². The van der Waals surface area contributed by atoms with E-state index in [1.807, 2.05) is 10.6 Å². The predicted molar refractivity (Wildman–Crippen MR) is 70.1 cm³/mol. The molecule has 2 heterocycles. The summed E-state index contributed by atoms with van der Waals surface area (Å²) in [6, 6.07) is 0. The average molecular weight is 233 g/mol. The zero-order chi connectivity index (χ0) is 12.4. The molecule has 5 nitrogen and oxygen atoms in total. The lowest BCUT2D eigenvalue weighted by Gasteiger charge is -2.24. The molecule has 0 aromatic carbocycles. The highest BCUT2D eigenvalue weighted by molar-refractivity contribution is 5.66. The van der Waals surface area contributed by atoms with E-state index in [2.05, 4.69) is 35.6 Å². The van der Waals surface area contributed by atoms with Gasteiger partial charge in [0, 0.05) is 25.5 Å². The van der Waals surface area contributed by atoms with Crippen LogP contribution in [0.15, 0.2) is 18.6 Å². The lowest BCUT2D eigenvalue weighted by Crippen LogP contribution is -2.29. The quantitative estimate of drug-likeness (QED) is 0.874. The highest BCUT2D eigenvalue weighted by Crippen LogP contribution is 2.20. The molecule has 0 atom stereocenters. The van der Waals surface area contributed by atoms with Crippen molar-refractivity contribution in [1.82, 2.24) is 14.4 Å². The van der Waals surface area contributed by atoms with Crippen LogP contribution in [0.1, 0.15) is 20.8 Å². The zero-order valence-electron chi connectivity index (χ0n) is 10.6. The van der Waals surface area contributed by atoms with Crippen molar-refractivity contribution in [3.8, 4) is 0 Å². The van der Waals surface area contributed by atoms with Crippen LogP contribution in [0.25, 0.3) is 5.65 Å². The van der Waals surface area contributed by atoms with Gasteiger partial charge in [-0.2, -0.15) is 0 Å². The molecule has 2 aromatic heterocycles. The van der Waals surface area contributed by atoms with E-state index in [1.54, 1.807) is 12.4 Å². The van der Waals surface area contributed by atoms with Crippen molar-refractivity contribution < 1.29 is 0 Å². The first-order valence-electron chi connectivity index (χ1n) is 5.96. The Kier molecular flexibility index (Phi) is 3.17.